The average molecular weight is 349 g/mol. The topological polar surface area (TPSA) is 29.9 Å². The molecule has 0 aliphatic rings. The first-order valence-electron chi connectivity index (χ1n) is 5.70. The molecule has 0 fully saturated rings. The molecule has 0 saturated heterocycles. The zero-order valence-electron chi connectivity index (χ0n) is 10.4. The first-order valence-corrected chi connectivity index (χ1v) is 7.68. The van der Waals surface area contributed by atoms with Crippen LogP contribution >= 0.6 is 38.9 Å². The number of hydrogen-bond donors (Lipinski definition) is 1. The fraction of sp³-hybridized carbons (Fsp3) is 0.417. The van der Waals surface area contributed by atoms with Gasteiger partial charge in [0.1, 0.15) is 0 Å². The smallest absolute Gasteiger partial charge is 0.0931 e. The normalized spacial score (nSPS) is 13.2. The Labute approximate surface area is 124 Å². The lowest BCUT2D eigenvalue weighted by Crippen LogP contribution is -2.22. The predicted molar refractivity (Wildman–Crippen MR) is 80.5 cm³/mol. The lowest BCUT2D eigenvalue weighted by atomic mass is 10.1. The predicted octanol–water partition coefficient (Wildman–Crippen LogP) is 4.25. The number of halogens is 2. The van der Waals surface area contributed by atoms with Crippen LogP contribution in [0.4, 0.5) is 0 Å². The highest BCUT2D eigenvalue weighted by Crippen LogP contribution is 2.34. The van der Waals surface area contributed by atoms with Gasteiger partial charge in [-0.15, -0.1) is 11.3 Å². The van der Waals surface area contributed by atoms with Crippen molar-refractivity contribution in [3.63, 3.8) is 0 Å². The van der Waals surface area contributed by atoms with E-state index in [2.05, 4.69) is 46.3 Å². The molecule has 0 bridgehead atoms. The van der Waals surface area contributed by atoms with Crippen molar-refractivity contribution in [2.45, 2.75) is 25.9 Å². The number of nitrogens with zero attached hydrogens (tertiary/aromatic N) is 2. The lowest BCUT2D eigenvalue weighted by Gasteiger charge is -2.19. The Morgan fingerprint density at radius 1 is 1.44 bits per heavy atom. The average Bonchev–Trinajstić information content (AvgIpc) is 2.88. The summed E-state index contributed by atoms with van der Waals surface area (Å²) in [5, 5.41) is 7.75. The molecule has 98 valence electrons. The molecule has 1 N–H and O–H groups in total. The van der Waals surface area contributed by atoms with Crippen molar-refractivity contribution in [2.75, 3.05) is 7.05 Å². The van der Waals surface area contributed by atoms with E-state index < -0.39 is 0 Å². The van der Waals surface area contributed by atoms with E-state index in [0.29, 0.717) is 6.04 Å². The third kappa shape index (κ3) is 2.64. The maximum absolute atomic E-state index is 6.02. The van der Waals surface area contributed by atoms with E-state index in [1.54, 1.807) is 11.3 Å². The van der Waals surface area contributed by atoms with Crippen LogP contribution in [-0.4, -0.2) is 16.8 Å². The Morgan fingerprint density at radius 3 is 2.67 bits per heavy atom. The molecule has 2 heterocycles. The SMILES string of the molecule is CNC(c1ccc(Cl)s1)c1c(Br)cnn1C(C)C. The Balaban J connectivity index is 2.47. The fourth-order valence-electron chi connectivity index (χ4n) is 1.93. The first-order chi connectivity index (χ1) is 8.54. The molecule has 6 heteroatoms. The van der Waals surface area contributed by atoms with E-state index in [4.69, 9.17) is 11.6 Å². The monoisotopic (exact) mass is 347 g/mol. The number of nitrogens with one attached hydrogen (secondary N) is 1. The second-order valence-electron chi connectivity index (χ2n) is 4.28. The summed E-state index contributed by atoms with van der Waals surface area (Å²) in [5.74, 6) is 0. The van der Waals surface area contributed by atoms with E-state index in [9.17, 15) is 0 Å². The molecule has 1 atom stereocenters. The number of rotatable bonds is 4. The highest BCUT2D eigenvalue weighted by molar-refractivity contribution is 9.10. The molecule has 2 rings (SSSR count). The second kappa shape index (κ2) is 5.74. The van der Waals surface area contributed by atoms with Gasteiger partial charge in [-0.05, 0) is 49.0 Å². The van der Waals surface area contributed by atoms with E-state index >= 15 is 0 Å². The number of aromatic nitrogens is 2. The van der Waals surface area contributed by atoms with Gasteiger partial charge in [0, 0.05) is 10.9 Å². The van der Waals surface area contributed by atoms with E-state index in [-0.39, 0.29) is 6.04 Å². The van der Waals surface area contributed by atoms with Crippen molar-refractivity contribution < 1.29 is 0 Å². The minimum Gasteiger partial charge on any atom is -0.307 e. The van der Waals surface area contributed by atoms with Gasteiger partial charge in [0.2, 0.25) is 0 Å². The standard InChI is InChI=1S/C12H15BrClN3S/c1-7(2)17-12(8(13)6-16-17)11(15-3)9-4-5-10(14)18-9/h4-7,11,15H,1-3H3. The summed E-state index contributed by atoms with van der Waals surface area (Å²) in [6.07, 6.45) is 1.84. The van der Waals surface area contributed by atoms with Crippen LogP contribution in [0.3, 0.4) is 0 Å². The van der Waals surface area contributed by atoms with Crippen LogP contribution in [0.1, 0.15) is 36.5 Å². The molecule has 0 aliphatic carbocycles. The Morgan fingerprint density at radius 2 is 2.17 bits per heavy atom. The zero-order chi connectivity index (χ0) is 13.3. The first kappa shape index (κ1) is 14.1. The Bertz CT molecular complexity index is 535. The maximum Gasteiger partial charge on any atom is 0.0931 e. The van der Waals surface area contributed by atoms with Gasteiger partial charge in [0.25, 0.3) is 0 Å². The molecule has 2 aromatic heterocycles. The third-order valence-corrected chi connectivity index (χ3v) is 4.62. The van der Waals surface area contributed by atoms with Crippen LogP contribution < -0.4 is 5.32 Å². The summed E-state index contributed by atoms with van der Waals surface area (Å²) >= 11 is 11.2. The Kier molecular flexibility index (Phi) is 4.48. The van der Waals surface area contributed by atoms with Crippen molar-refractivity contribution >= 4 is 38.9 Å². The molecule has 1 unspecified atom stereocenters. The van der Waals surface area contributed by atoms with Gasteiger partial charge in [-0.3, -0.25) is 4.68 Å². The van der Waals surface area contributed by atoms with E-state index in [1.807, 2.05) is 24.0 Å². The van der Waals surface area contributed by atoms with Gasteiger partial charge in [-0.25, -0.2) is 0 Å². The van der Waals surface area contributed by atoms with Crippen LogP contribution in [0.2, 0.25) is 4.34 Å². The maximum atomic E-state index is 6.02. The highest BCUT2D eigenvalue weighted by Gasteiger charge is 2.22. The lowest BCUT2D eigenvalue weighted by molar-refractivity contribution is 0.485. The molecule has 2 aromatic rings. The van der Waals surface area contributed by atoms with Crippen LogP contribution in [0, 0.1) is 0 Å². The van der Waals surface area contributed by atoms with Crippen LogP contribution in [0.25, 0.3) is 0 Å². The van der Waals surface area contributed by atoms with Crippen molar-refractivity contribution in [1.82, 2.24) is 15.1 Å². The number of thiophene rings is 1. The minimum atomic E-state index is 0.0989. The van der Waals surface area contributed by atoms with Crippen LogP contribution in [0.15, 0.2) is 22.8 Å². The quantitative estimate of drug-likeness (QED) is 0.895. The summed E-state index contributed by atoms with van der Waals surface area (Å²) < 4.78 is 3.84. The molecule has 0 amide bonds. The van der Waals surface area contributed by atoms with Gasteiger partial charge >= 0.3 is 0 Å². The summed E-state index contributed by atoms with van der Waals surface area (Å²) in [4.78, 5) is 1.19. The molecule has 0 saturated carbocycles. The van der Waals surface area contributed by atoms with Crippen molar-refractivity contribution in [3.8, 4) is 0 Å². The van der Waals surface area contributed by atoms with Crippen molar-refractivity contribution in [1.29, 1.82) is 0 Å². The van der Waals surface area contributed by atoms with Crippen LogP contribution in [0.5, 0.6) is 0 Å². The largest absolute Gasteiger partial charge is 0.307 e. The molecular formula is C12H15BrClN3S. The van der Waals surface area contributed by atoms with Gasteiger partial charge in [0.15, 0.2) is 0 Å². The molecule has 0 spiro atoms. The van der Waals surface area contributed by atoms with E-state index in [0.717, 1.165) is 14.5 Å². The van der Waals surface area contributed by atoms with Gasteiger partial charge in [0.05, 0.1) is 26.7 Å². The zero-order valence-corrected chi connectivity index (χ0v) is 13.6. The summed E-state index contributed by atoms with van der Waals surface area (Å²) in [5.41, 5.74) is 1.13. The second-order valence-corrected chi connectivity index (χ2v) is 6.88. The van der Waals surface area contributed by atoms with Crippen molar-refractivity contribution in [2.24, 2.45) is 0 Å². The molecule has 18 heavy (non-hydrogen) atoms. The highest BCUT2D eigenvalue weighted by atomic mass is 79.9. The molecular weight excluding hydrogens is 334 g/mol. The van der Waals surface area contributed by atoms with Gasteiger partial charge < -0.3 is 5.32 Å². The molecule has 0 radical (unpaired) electrons. The third-order valence-electron chi connectivity index (χ3n) is 2.72. The molecule has 3 nitrogen and oxygen atoms in total. The summed E-state index contributed by atoms with van der Waals surface area (Å²) in [6, 6.07) is 4.40. The van der Waals surface area contributed by atoms with Gasteiger partial charge in [-0.1, -0.05) is 11.6 Å². The fourth-order valence-corrected chi connectivity index (χ4v) is 3.61. The number of hydrogen-bond acceptors (Lipinski definition) is 3. The van der Waals surface area contributed by atoms with Gasteiger partial charge in [-0.2, -0.15) is 5.10 Å². The summed E-state index contributed by atoms with van der Waals surface area (Å²) in [7, 11) is 1.95. The molecule has 0 aliphatic heterocycles. The molecule has 0 aromatic carbocycles. The minimum absolute atomic E-state index is 0.0989. The Hall–Kier alpha value is -0.360. The van der Waals surface area contributed by atoms with E-state index in [1.165, 1.54) is 4.88 Å². The van der Waals surface area contributed by atoms with Crippen LogP contribution in [-0.2, 0) is 0 Å². The van der Waals surface area contributed by atoms with Crippen molar-refractivity contribution in [3.05, 3.63) is 37.7 Å². The summed E-state index contributed by atoms with van der Waals surface area (Å²) in [6.45, 7) is 4.24.